The lowest BCUT2D eigenvalue weighted by Crippen LogP contribution is -2.45. The number of fused-ring (bicyclic) bond motifs is 1. The van der Waals surface area contributed by atoms with Crippen LogP contribution < -0.4 is 10.3 Å². The first-order valence-electron chi connectivity index (χ1n) is 9.63. The molecule has 1 aliphatic carbocycles. The fourth-order valence-electron chi connectivity index (χ4n) is 3.41. The SMILES string of the molecule is CC(C)(S)CC(=O)NN=C1CCCCc2cc(N(C(=O)O)C(C)(C)C)ccc21. The highest BCUT2D eigenvalue weighted by Gasteiger charge is 2.29. The number of benzene rings is 1. The van der Waals surface area contributed by atoms with Crippen molar-refractivity contribution < 1.29 is 14.7 Å². The van der Waals surface area contributed by atoms with Crippen LogP contribution in [0, 0.1) is 0 Å². The van der Waals surface area contributed by atoms with E-state index in [1.54, 1.807) is 0 Å². The summed E-state index contributed by atoms with van der Waals surface area (Å²) in [5, 5.41) is 14.0. The van der Waals surface area contributed by atoms with Crippen LogP contribution in [0.2, 0.25) is 0 Å². The van der Waals surface area contributed by atoms with E-state index in [1.807, 2.05) is 52.8 Å². The van der Waals surface area contributed by atoms with Crippen LogP contribution in [0.15, 0.2) is 23.3 Å². The minimum absolute atomic E-state index is 0.167. The van der Waals surface area contributed by atoms with Crippen LogP contribution in [0.5, 0.6) is 0 Å². The Labute approximate surface area is 172 Å². The van der Waals surface area contributed by atoms with Crippen LogP contribution in [0.3, 0.4) is 0 Å². The van der Waals surface area contributed by atoms with E-state index >= 15 is 0 Å². The summed E-state index contributed by atoms with van der Waals surface area (Å²) in [5.41, 5.74) is 5.64. The highest BCUT2D eigenvalue weighted by atomic mass is 32.1. The Balaban J connectivity index is 2.33. The van der Waals surface area contributed by atoms with Crippen molar-refractivity contribution in [2.24, 2.45) is 5.10 Å². The number of hydrazone groups is 1. The molecule has 7 heteroatoms. The molecule has 0 heterocycles. The van der Waals surface area contributed by atoms with Crippen molar-refractivity contribution in [3.8, 4) is 0 Å². The van der Waals surface area contributed by atoms with Crippen LogP contribution in [-0.2, 0) is 11.2 Å². The Kier molecular flexibility index (Phi) is 6.80. The number of hydrogen-bond donors (Lipinski definition) is 3. The molecule has 0 unspecified atom stereocenters. The number of rotatable bonds is 4. The summed E-state index contributed by atoms with van der Waals surface area (Å²) in [6.07, 6.45) is 2.90. The monoisotopic (exact) mass is 405 g/mol. The Morgan fingerprint density at radius 1 is 1.18 bits per heavy atom. The van der Waals surface area contributed by atoms with Gasteiger partial charge in [0.25, 0.3) is 0 Å². The van der Waals surface area contributed by atoms with Crippen LogP contribution in [0.1, 0.15) is 71.4 Å². The van der Waals surface area contributed by atoms with Crippen molar-refractivity contribution in [3.05, 3.63) is 29.3 Å². The van der Waals surface area contributed by atoms with Gasteiger partial charge in [0.1, 0.15) is 0 Å². The van der Waals surface area contributed by atoms with Gasteiger partial charge in [0.05, 0.1) is 5.71 Å². The summed E-state index contributed by atoms with van der Waals surface area (Å²) in [4.78, 5) is 25.3. The zero-order valence-corrected chi connectivity index (χ0v) is 18.3. The Morgan fingerprint density at radius 2 is 1.82 bits per heavy atom. The van der Waals surface area contributed by atoms with E-state index in [1.165, 1.54) is 4.90 Å². The van der Waals surface area contributed by atoms with Gasteiger partial charge in [0, 0.05) is 28.0 Å². The van der Waals surface area contributed by atoms with Crippen molar-refractivity contribution in [1.29, 1.82) is 0 Å². The molecule has 1 aromatic rings. The molecule has 1 aromatic carbocycles. The molecule has 0 fully saturated rings. The normalized spacial score (nSPS) is 16.3. The van der Waals surface area contributed by atoms with Crippen LogP contribution in [0.4, 0.5) is 10.5 Å². The van der Waals surface area contributed by atoms with Gasteiger partial charge in [-0.15, -0.1) is 0 Å². The molecule has 0 radical (unpaired) electrons. The number of anilines is 1. The van der Waals surface area contributed by atoms with Crippen LogP contribution in [0.25, 0.3) is 0 Å². The number of hydrogen-bond acceptors (Lipinski definition) is 4. The van der Waals surface area contributed by atoms with Gasteiger partial charge in [-0.2, -0.15) is 17.7 Å². The van der Waals surface area contributed by atoms with Gasteiger partial charge in [-0.05, 0) is 64.2 Å². The summed E-state index contributed by atoms with van der Waals surface area (Å²) >= 11 is 4.38. The number of carbonyl (C=O) groups is 2. The molecule has 2 N–H and O–H groups in total. The molecule has 154 valence electrons. The summed E-state index contributed by atoms with van der Waals surface area (Å²) in [7, 11) is 0. The number of thiol groups is 1. The topological polar surface area (TPSA) is 82.0 Å². The number of carboxylic acid groups (broad SMARTS) is 1. The van der Waals surface area contributed by atoms with Gasteiger partial charge in [-0.1, -0.05) is 19.9 Å². The molecule has 0 aromatic heterocycles. The first-order chi connectivity index (χ1) is 12.9. The first kappa shape index (κ1) is 22.3. The van der Waals surface area contributed by atoms with Gasteiger partial charge in [0.2, 0.25) is 5.91 Å². The number of aryl methyl sites for hydroxylation is 1. The standard InChI is InChI=1S/C21H31N3O3S/c1-20(2,3)24(19(26)27)15-10-11-16-14(12-15)8-6-7-9-17(16)22-23-18(25)13-21(4,5)28/h10-12,28H,6-9,13H2,1-5H3,(H,23,25)(H,26,27). The fraction of sp³-hybridized carbons (Fsp3) is 0.571. The number of nitrogens with one attached hydrogen (secondary N) is 1. The number of carbonyl (C=O) groups excluding carboxylic acids is 1. The molecule has 0 aliphatic heterocycles. The number of nitrogens with zero attached hydrogens (tertiary/aromatic N) is 2. The van der Waals surface area contributed by atoms with Crippen molar-refractivity contribution >= 4 is 36.0 Å². The summed E-state index contributed by atoms with van der Waals surface area (Å²) < 4.78 is -0.395. The molecule has 0 saturated heterocycles. The molecule has 0 atom stereocenters. The zero-order chi connectivity index (χ0) is 21.1. The molecule has 2 amide bonds. The third-order valence-corrected chi connectivity index (χ3v) is 4.70. The van der Waals surface area contributed by atoms with Crippen LogP contribution >= 0.6 is 12.6 Å². The van der Waals surface area contributed by atoms with Gasteiger partial charge < -0.3 is 5.11 Å². The molecule has 0 spiro atoms. The minimum atomic E-state index is -0.975. The minimum Gasteiger partial charge on any atom is -0.465 e. The lowest BCUT2D eigenvalue weighted by molar-refractivity contribution is -0.121. The van der Waals surface area contributed by atoms with Gasteiger partial charge in [0.15, 0.2) is 0 Å². The lowest BCUT2D eigenvalue weighted by Gasteiger charge is -2.33. The maximum absolute atomic E-state index is 12.1. The number of amides is 2. The second kappa shape index (κ2) is 8.55. The maximum atomic E-state index is 12.1. The molecule has 0 saturated carbocycles. The van der Waals surface area contributed by atoms with E-state index in [0.717, 1.165) is 42.5 Å². The first-order valence-corrected chi connectivity index (χ1v) is 10.1. The highest BCUT2D eigenvalue weighted by molar-refractivity contribution is 7.81. The summed E-state index contributed by atoms with van der Waals surface area (Å²) in [6.45, 7) is 9.39. The highest BCUT2D eigenvalue weighted by Crippen LogP contribution is 2.30. The Bertz CT molecular complexity index is 776. The van der Waals surface area contributed by atoms with Crippen molar-refractivity contribution in [2.75, 3.05) is 4.90 Å². The Hall–Kier alpha value is -2.02. The molecule has 2 rings (SSSR count). The molecule has 6 nitrogen and oxygen atoms in total. The lowest BCUT2D eigenvalue weighted by atomic mass is 9.98. The van der Waals surface area contributed by atoms with E-state index in [9.17, 15) is 14.7 Å². The van der Waals surface area contributed by atoms with E-state index in [0.29, 0.717) is 5.69 Å². The van der Waals surface area contributed by atoms with E-state index in [-0.39, 0.29) is 12.3 Å². The summed E-state index contributed by atoms with van der Waals surface area (Å²) in [5.74, 6) is -0.167. The van der Waals surface area contributed by atoms with E-state index in [2.05, 4.69) is 23.2 Å². The van der Waals surface area contributed by atoms with Crippen molar-refractivity contribution in [1.82, 2.24) is 5.43 Å². The van der Waals surface area contributed by atoms with Crippen molar-refractivity contribution in [2.45, 2.75) is 77.0 Å². The molecular formula is C21H31N3O3S. The molecule has 0 bridgehead atoms. The quantitative estimate of drug-likeness (QED) is 0.388. The van der Waals surface area contributed by atoms with Crippen molar-refractivity contribution in [3.63, 3.8) is 0 Å². The Morgan fingerprint density at radius 3 is 2.39 bits per heavy atom. The third kappa shape index (κ3) is 5.99. The molecule has 1 aliphatic rings. The molecular weight excluding hydrogens is 374 g/mol. The second-order valence-electron chi connectivity index (χ2n) is 8.92. The maximum Gasteiger partial charge on any atom is 0.412 e. The van der Waals surface area contributed by atoms with Gasteiger partial charge in [-0.3, -0.25) is 9.69 Å². The van der Waals surface area contributed by atoms with Gasteiger partial charge >= 0.3 is 6.09 Å². The van der Waals surface area contributed by atoms with E-state index < -0.39 is 16.4 Å². The predicted octanol–water partition coefficient (Wildman–Crippen LogP) is 4.61. The average Bonchev–Trinajstić information content (AvgIpc) is 2.71. The predicted molar refractivity (Wildman–Crippen MR) is 117 cm³/mol. The average molecular weight is 406 g/mol. The second-order valence-corrected chi connectivity index (χ2v) is 10.1. The fourth-order valence-corrected chi connectivity index (χ4v) is 3.56. The smallest absolute Gasteiger partial charge is 0.412 e. The third-order valence-electron chi connectivity index (χ3n) is 4.54. The molecule has 28 heavy (non-hydrogen) atoms. The van der Waals surface area contributed by atoms with Crippen LogP contribution in [-0.4, -0.2) is 33.1 Å². The van der Waals surface area contributed by atoms with Gasteiger partial charge in [-0.25, -0.2) is 10.2 Å². The van der Waals surface area contributed by atoms with E-state index in [4.69, 9.17) is 0 Å². The largest absolute Gasteiger partial charge is 0.465 e. The zero-order valence-electron chi connectivity index (χ0n) is 17.4. The summed E-state index contributed by atoms with van der Waals surface area (Å²) in [6, 6.07) is 5.68.